The average molecular weight is 509 g/mol. The fourth-order valence-electron chi connectivity index (χ4n) is 4.97. The maximum Gasteiger partial charge on any atom is 0.349 e. The monoisotopic (exact) mass is 508 g/mol. The minimum Gasteiger partial charge on any atom is -0.478 e. The zero-order valence-electron chi connectivity index (χ0n) is 18.6. The SMILES string of the molecule is C[N+]1(C)C2CC(OC(=O)C(O)(c3cccs3)c3cccs3)CC1C1OC12.O=C(O)/C=C/C(=O)O. The van der Waals surface area contributed by atoms with Crippen molar-refractivity contribution < 1.29 is 43.7 Å². The van der Waals surface area contributed by atoms with Crippen molar-refractivity contribution in [3.63, 3.8) is 0 Å². The normalized spacial score (nSPS) is 28.5. The Morgan fingerprint density at radius 3 is 1.85 bits per heavy atom. The van der Waals surface area contributed by atoms with Crippen molar-refractivity contribution in [2.24, 2.45) is 0 Å². The van der Waals surface area contributed by atoms with Crippen LogP contribution in [0.25, 0.3) is 0 Å². The molecule has 0 aromatic carbocycles. The van der Waals surface area contributed by atoms with Gasteiger partial charge in [0.15, 0.2) is 0 Å². The molecule has 0 radical (unpaired) electrons. The van der Waals surface area contributed by atoms with Crippen LogP contribution in [-0.4, -0.2) is 82.2 Å². The third-order valence-corrected chi connectivity index (χ3v) is 8.69. The van der Waals surface area contributed by atoms with Crippen molar-refractivity contribution in [1.29, 1.82) is 0 Å². The van der Waals surface area contributed by atoms with Gasteiger partial charge in [0.25, 0.3) is 0 Å². The first-order valence-electron chi connectivity index (χ1n) is 10.7. The summed E-state index contributed by atoms with van der Waals surface area (Å²) in [4.78, 5) is 33.4. The number of fused-ring (bicyclic) bond motifs is 5. The van der Waals surface area contributed by atoms with Crippen molar-refractivity contribution in [3.05, 3.63) is 56.9 Å². The zero-order chi connectivity index (χ0) is 24.7. The van der Waals surface area contributed by atoms with Crippen molar-refractivity contribution >= 4 is 40.6 Å². The molecular formula is C23H26NO8S2+. The number of epoxide rings is 1. The van der Waals surface area contributed by atoms with Crippen LogP contribution in [0.1, 0.15) is 22.6 Å². The minimum atomic E-state index is -1.72. The first-order valence-corrected chi connectivity index (χ1v) is 12.4. The number of aliphatic hydroxyl groups is 1. The summed E-state index contributed by atoms with van der Waals surface area (Å²) in [6, 6.07) is 8.01. The molecule has 4 atom stereocenters. The first-order chi connectivity index (χ1) is 16.0. The van der Waals surface area contributed by atoms with Gasteiger partial charge in [0.1, 0.15) is 30.4 Å². The first kappa shape index (κ1) is 24.6. The van der Waals surface area contributed by atoms with Gasteiger partial charge in [-0.2, -0.15) is 0 Å². The van der Waals surface area contributed by atoms with Gasteiger partial charge in [-0.3, -0.25) is 0 Å². The van der Waals surface area contributed by atoms with Crippen LogP contribution in [0.4, 0.5) is 0 Å². The molecule has 11 heteroatoms. The fraction of sp³-hybridized carbons (Fsp3) is 0.435. The molecule has 0 saturated carbocycles. The molecule has 5 rings (SSSR count). The average Bonchev–Trinajstić information content (AvgIpc) is 3.11. The Morgan fingerprint density at radius 2 is 1.47 bits per heavy atom. The summed E-state index contributed by atoms with van der Waals surface area (Å²) in [6.45, 7) is 0. The van der Waals surface area contributed by atoms with Crippen LogP contribution in [0, 0.1) is 0 Å². The molecule has 3 fully saturated rings. The van der Waals surface area contributed by atoms with Crippen LogP contribution < -0.4 is 0 Å². The van der Waals surface area contributed by atoms with Crippen molar-refractivity contribution in [1.82, 2.24) is 0 Å². The van der Waals surface area contributed by atoms with Gasteiger partial charge in [-0.05, 0) is 22.9 Å². The van der Waals surface area contributed by atoms with E-state index in [9.17, 15) is 19.5 Å². The Balaban J connectivity index is 0.000000297. The molecule has 34 heavy (non-hydrogen) atoms. The summed E-state index contributed by atoms with van der Waals surface area (Å²) in [5, 5.41) is 30.7. The molecule has 4 unspecified atom stereocenters. The summed E-state index contributed by atoms with van der Waals surface area (Å²) >= 11 is 2.74. The number of piperidine rings is 1. The van der Waals surface area contributed by atoms with Crippen molar-refractivity contribution in [3.8, 4) is 0 Å². The molecule has 0 aliphatic carbocycles. The summed E-state index contributed by atoms with van der Waals surface area (Å²) in [6.07, 6.45) is 3.17. The van der Waals surface area contributed by atoms with Gasteiger partial charge >= 0.3 is 17.9 Å². The lowest BCUT2D eigenvalue weighted by Gasteiger charge is -2.45. The van der Waals surface area contributed by atoms with Gasteiger partial charge in [0.05, 0.1) is 23.8 Å². The molecule has 2 aromatic rings. The van der Waals surface area contributed by atoms with Gasteiger partial charge in [-0.1, -0.05) is 12.1 Å². The second-order valence-corrected chi connectivity index (χ2v) is 10.9. The van der Waals surface area contributed by atoms with E-state index in [4.69, 9.17) is 19.7 Å². The highest BCUT2D eigenvalue weighted by molar-refractivity contribution is 7.12. The quantitative estimate of drug-likeness (QED) is 0.234. The van der Waals surface area contributed by atoms with Gasteiger partial charge in [0, 0.05) is 25.0 Å². The molecule has 2 aromatic heterocycles. The number of carboxylic acid groups (broad SMARTS) is 2. The Hall–Kier alpha value is -2.57. The zero-order valence-corrected chi connectivity index (χ0v) is 20.2. The molecule has 5 heterocycles. The number of esters is 1. The summed E-state index contributed by atoms with van der Waals surface area (Å²) < 4.78 is 12.6. The number of carboxylic acids is 2. The number of quaternary nitrogens is 1. The maximum absolute atomic E-state index is 13.1. The number of aliphatic carboxylic acids is 2. The highest BCUT2D eigenvalue weighted by Crippen LogP contribution is 2.52. The van der Waals surface area contributed by atoms with Gasteiger partial charge in [-0.25, -0.2) is 14.4 Å². The molecule has 3 aliphatic heterocycles. The lowest BCUT2D eigenvalue weighted by molar-refractivity contribution is -0.938. The van der Waals surface area contributed by atoms with Crippen LogP contribution in [0.15, 0.2) is 47.2 Å². The maximum atomic E-state index is 13.1. The molecule has 182 valence electrons. The molecule has 9 nitrogen and oxygen atoms in total. The van der Waals surface area contributed by atoms with Gasteiger partial charge < -0.3 is 29.3 Å². The second kappa shape index (κ2) is 9.23. The highest BCUT2D eigenvalue weighted by Gasteiger charge is 2.71. The van der Waals surface area contributed by atoms with Crippen LogP contribution in [-0.2, 0) is 29.5 Å². The Kier molecular flexibility index (Phi) is 6.67. The van der Waals surface area contributed by atoms with E-state index in [0.29, 0.717) is 46.2 Å². The van der Waals surface area contributed by atoms with Gasteiger partial charge in [0.2, 0.25) is 5.60 Å². The lowest BCUT2D eigenvalue weighted by atomic mass is 9.95. The smallest absolute Gasteiger partial charge is 0.349 e. The number of thiophene rings is 2. The number of ether oxygens (including phenoxy) is 2. The largest absolute Gasteiger partial charge is 0.478 e. The molecule has 3 saturated heterocycles. The fourth-order valence-corrected chi connectivity index (χ4v) is 6.69. The number of morpholine rings is 1. The molecule has 0 amide bonds. The summed E-state index contributed by atoms with van der Waals surface area (Å²) in [5.74, 6) is -3.08. The molecule has 2 bridgehead atoms. The van der Waals surface area contributed by atoms with Crippen LogP contribution in [0.3, 0.4) is 0 Å². The number of likely N-dealkylation sites (N-methyl/N-ethyl adjacent to an activating group) is 1. The van der Waals surface area contributed by atoms with Gasteiger partial charge in [-0.15, -0.1) is 22.7 Å². The number of rotatable bonds is 6. The van der Waals surface area contributed by atoms with E-state index < -0.39 is 23.5 Å². The number of carbonyl (C=O) groups excluding carboxylic acids is 1. The standard InChI is InChI=1S/C19H22NO4S2.C4H4O4/c1-20(2)12-9-11(10-13(20)17-16(12)24-17)23-18(21)19(22,14-5-3-7-25-14)15-6-4-8-26-15;5-3(6)1-2-4(7)8/h3-8,11-13,16-17,22H,9-10H2,1-2H3;1-2H,(H,5,6)(H,7,8)/q+1;/b;2-1+. The summed E-state index contributed by atoms with van der Waals surface area (Å²) in [7, 11) is 4.49. The van der Waals surface area contributed by atoms with Crippen molar-refractivity contribution in [2.75, 3.05) is 14.1 Å². The predicted molar refractivity (Wildman–Crippen MR) is 124 cm³/mol. The number of carbonyl (C=O) groups is 3. The number of hydrogen-bond acceptors (Lipinski definition) is 8. The van der Waals surface area contributed by atoms with E-state index in [2.05, 4.69) is 14.1 Å². The Morgan fingerprint density at radius 1 is 1.00 bits per heavy atom. The highest BCUT2D eigenvalue weighted by atomic mass is 32.1. The van der Waals surface area contributed by atoms with E-state index >= 15 is 0 Å². The van der Waals surface area contributed by atoms with Crippen LogP contribution >= 0.6 is 22.7 Å². The van der Waals surface area contributed by atoms with E-state index in [1.54, 1.807) is 12.1 Å². The molecular weight excluding hydrogens is 482 g/mol. The van der Waals surface area contributed by atoms with E-state index in [1.807, 2.05) is 22.9 Å². The van der Waals surface area contributed by atoms with E-state index in [-0.39, 0.29) is 6.10 Å². The Bertz CT molecular complexity index is 1010. The van der Waals surface area contributed by atoms with Crippen molar-refractivity contribution in [2.45, 2.75) is 48.8 Å². The molecule has 0 spiro atoms. The molecule has 3 N–H and O–H groups in total. The van der Waals surface area contributed by atoms with E-state index in [1.165, 1.54) is 22.7 Å². The molecule has 3 aliphatic rings. The lowest BCUT2D eigenvalue weighted by Crippen LogP contribution is -2.60. The van der Waals surface area contributed by atoms with Crippen LogP contribution in [0.5, 0.6) is 0 Å². The Labute approximate surface area is 204 Å². The third kappa shape index (κ3) is 4.53. The predicted octanol–water partition coefficient (Wildman–Crippen LogP) is 2.06. The third-order valence-electron chi connectivity index (χ3n) is 6.73. The topological polar surface area (TPSA) is 134 Å². The minimum absolute atomic E-state index is 0.161. The van der Waals surface area contributed by atoms with Crippen LogP contribution in [0.2, 0.25) is 0 Å². The number of hydrogen-bond donors (Lipinski definition) is 3. The second-order valence-electron chi connectivity index (χ2n) is 9.00. The summed E-state index contributed by atoms with van der Waals surface area (Å²) in [5.41, 5.74) is -1.72. The van der Waals surface area contributed by atoms with E-state index in [0.717, 1.165) is 17.3 Å². The number of nitrogens with zero attached hydrogens (tertiary/aromatic N) is 1.